The standard InChI is InChI=1S/C16H20N2/c1-14-6-2-3-13-18(14)16-9-7-15(8-10-16)17-11-4-5-12-17/h4-5,7-12,14H,2-3,6,13H2,1H3/t14-/m0/s1. The van der Waals surface area contributed by atoms with Crippen molar-refractivity contribution in [3.8, 4) is 5.69 Å². The first-order valence-electron chi connectivity index (χ1n) is 6.85. The molecule has 1 aromatic heterocycles. The van der Waals surface area contributed by atoms with Crippen LogP contribution in [0.25, 0.3) is 5.69 Å². The van der Waals surface area contributed by atoms with Crippen molar-refractivity contribution in [1.82, 2.24) is 4.57 Å². The summed E-state index contributed by atoms with van der Waals surface area (Å²) < 4.78 is 2.14. The van der Waals surface area contributed by atoms with Gasteiger partial charge in [0.05, 0.1) is 0 Å². The van der Waals surface area contributed by atoms with Gasteiger partial charge in [0.2, 0.25) is 0 Å². The molecule has 18 heavy (non-hydrogen) atoms. The van der Waals surface area contributed by atoms with Crippen LogP contribution in [0.1, 0.15) is 26.2 Å². The Morgan fingerprint density at radius 3 is 2.28 bits per heavy atom. The number of hydrogen-bond donors (Lipinski definition) is 0. The molecular formula is C16H20N2. The van der Waals surface area contributed by atoms with Crippen LogP contribution in [0.3, 0.4) is 0 Å². The number of nitrogens with zero attached hydrogens (tertiary/aromatic N) is 2. The highest BCUT2D eigenvalue weighted by Crippen LogP contribution is 2.25. The SMILES string of the molecule is C[C@H]1CCCCN1c1ccc(-n2cccc2)cc1. The summed E-state index contributed by atoms with van der Waals surface area (Å²) in [5.74, 6) is 0. The van der Waals surface area contributed by atoms with Crippen LogP contribution < -0.4 is 4.90 Å². The Labute approximate surface area is 109 Å². The van der Waals surface area contributed by atoms with E-state index in [2.05, 4.69) is 65.2 Å². The van der Waals surface area contributed by atoms with Crippen LogP contribution in [-0.4, -0.2) is 17.2 Å². The van der Waals surface area contributed by atoms with Gasteiger partial charge in [0.1, 0.15) is 0 Å². The van der Waals surface area contributed by atoms with Crippen molar-refractivity contribution < 1.29 is 0 Å². The Kier molecular flexibility index (Phi) is 3.09. The molecule has 0 unspecified atom stereocenters. The highest BCUT2D eigenvalue weighted by atomic mass is 15.2. The molecule has 0 saturated carbocycles. The lowest BCUT2D eigenvalue weighted by Crippen LogP contribution is -2.37. The second-order valence-corrected chi connectivity index (χ2v) is 5.14. The van der Waals surface area contributed by atoms with Gasteiger partial charge in [-0.25, -0.2) is 0 Å². The molecule has 1 saturated heterocycles. The lowest BCUT2D eigenvalue weighted by atomic mass is 10.0. The summed E-state index contributed by atoms with van der Waals surface area (Å²) in [7, 11) is 0. The topological polar surface area (TPSA) is 8.17 Å². The highest BCUT2D eigenvalue weighted by Gasteiger charge is 2.18. The third kappa shape index (κ3) is 2.15. The number of piperidine rings is 1. The molecule has 2 heterocycles. The molecule has 2 aromatic rings. The first-order chi connectivity index (χ1) is 8.84. The van der Waals surface area contributed by atoms with E-state index in [1.54, 1.807) is 0 Å². The van der Waals surface area contributed by atoms with E-state index in [-0.39, 0.29) is 0 Å². The molecule has 1 aromatic carbocycles. The normalized spacial score (nSPS) is 20.1. The summed E-state index contributed by atoms with van der Waals surface area (Å²) in [6.07, 6.45) is 8.18. The fourth-order valence-corrected chi connectivity index (χ4v) is 2.80. The molecule has 1 atom stereocenters. The Morgan fingerprint density at radius 1 is 0.944 bits per heavy atom. The van der Waals surface area contributed by atoms with Gasteiger partial charge in [-0.3, -0.25) is 0 Å². The van der Waals surface area contributed by atoms with Gasteiger partial charge >= 0.3 is 0 Å². The number of aromatic nitrogens is 1. The van der Waals surface area contributed by atoms with Gasteiger partial charge in [-0.1, -0.05) is 0 Å². The molecule has 1 aliphatic heterocycles. The first-order valence-corrected chi connectivity index (χ1v) is 6.85. The van der Waals surface area contributed by atoms with Crippen LogP contribution in [0, 0.1) is 0 Å². The van der Waals surface area contributed by atoms with Crippen LogP contribution in [0.4, 0.5) is 5.69 Å². The third-order valence-electron chi connectivity index (χ3n) is 3.89. The van der Waals surface area contributed by atoms with Crippen molar-refractivity contribution in [2.24, 2.45) is 0 Å². The summed E-state index contributed by atoms with van der Waals surface area (Å²) in [5.41, 5.74) is 2.59. The van der Waals surface area contributed by atoms with E-state index in [1.807, 2.05) is 0 Å². The maximum absolute atomic E-state index is 2.53. The van der Waals surface area contributed by atoms with Crippen molar-refractivity contribution >= 4 is 5.69 Å². The largest absolute Gasteiger partial charge is 0.369 e. The molecule has 0 radical (unpaired) electrons. The molecule has 2 heteroatoms. The zero-order valence-corrected chi connectivity index (χ0v) is 10.9. The van der Waals surface area contributed by atoms with Crippen molar-refractivity contribution in [2.45, 2.75) is 32.2 Å². The van der Waals surface area contributed by atoms with Crippen molar-refractivity contribution in [2.75, 3.05) is 11.4 Å². The van der Waals surface area contributed by atoms with Gasteiger partial charge < -0.3 is 9.47 Å². The Hall–Kier alpha value is -1.70. The van der Waals surface area contributed by atoms with Crippen LogP contribution in [-0.2, 0) is 0 Å². The molecule has 3 rings (SSSR count). The van der Waals surface area contributed by atoms with Crippen molar-refractivity contribution in [1.29, 1.82) is 0 Å². The average molecular weight is 240 g/mol. The smallest absolute Gasteiger partial charge is 0.0450 e. The molecule has 1 aliphatic rings. The number of hydrogen-bond acceptors (Lipinski definition) is 1. The van der Waals surface area contributed by atoms with Gasteiger partial charge in [0.15, 0.2) is 0 Å². The van der Waals surface area contributed by atoms with E-state index in [4.69, 9.17) is 0 Å². The molecule has 0 N–H and O–H groups in total. The van der Waals surface area contributed by atoms with E-state index in [0.29, 0.717) is 6.04 Å². The second kappa shape index (κ2) is 4.89. The van der Waals surface area contributed by atoms with E-state index in [0.717, 1.165) is 0 Å². The summed E-state index contributed by atoms with van der Waals surface area (Å²) in [6, 6.07) is 13.7. The first kappa shape index (κ1) is 11.4. The molecular weight excluding hydrogens is 220 g/mol. The monoisotopic (exact) mass is 240 g/mol. The molecule has 0 bridgehead atoms. The van der Waals surface area contributed by atoms with E-state index in [1.165, 1.54) is 37.2 Å². The molecule has 2 nitrogen and oxygen atoms in total. The van der Waals surface area contributed by atoms with Gasteiger partial charge in [-0.15, -0.1) is 0 Å². The van der Waals surface area contributed by atoms with Crippen molar-refractivity contribution in [3.05, 3.63) is 48.8 Å². The fourth-order valence-electron chi connectivity index (χ4n) is 2.80. The quantitative estimate of drug-likeness (QED) is 0.774. The summed E-state index contributed by atoms with van der Waals surface area (Å²) in [4.78, 5) is 2.53. The number of benzene rings is 1. The minimum Gasteiger partial charge on any atom is -0.369 e. The van der Waals surface area contributed by atoms with Crippen LogP contribution in [0.15, 0.2) is 48.8 Å². The predicted molar refractivity (Wildman–Crippen MR) is 76.4 cm³/mol. The lowest BCUT2D eigenvalue weighted by molar-refractivity contribution is 0.485. The predicted octanol–water partition coefficient (Wildman–Crippen LogP) is 3.86. The molecule has 0 aliphatic carbocycles. The lowest BCUT2D eigenvalue weighted by Gasteiger charge is -2.35. The van der Waals surface area contributed by atoms with Gasteiger partial charge in [0.25, 0.3) is 0 Å². The third-order valence-corrected chi connectivity index (χ3v) is 3.89. The summed E-state index contributed by atoms with van der Waals surface area (Å²) in [5, 5.41) is 0. The van der Waals surface area contributed by atoms with E-state index >= 15 is 0 Å². The van der Waals surface area contributed by atoms with Gasteiger partial charge in [-0.2, -0.15) is 0 Å². The van der Waals surface area contributed by atoms with E-state index in [9.17, 15) is 0 Å². The summed E-state index contributed by atoms with van der Waals surface area (Å²) >= 11 is 0. The molecule has 1 fully saturated rings. The summed E-state index contributed by atoms with van der Waals surface area (Å²) in [6.45, 7) is 3.53. The fraction of sp³-hybridized carbons (Fsp3) is 0.375. The Morgan fingerprint density at radius 2 is 1.61 bits per heavy atom. The Balaban J connectivity index is 1.82. The van der Waals surface area contributed by atoms with Crippen molar-refractivity contribution in [3.63, 3.8) is 0 Å². The van der Waals surface area contributed by atoms with Crippen LogP contribution in [0.5, 0.6) is 0 Å². The average Bonchev–Trinajstić information content (AvgIpc) is 2.94. The number of rotatable bonds is 2. The van der Waals surface area contributed by atoms with E-state index < -0.39 is 0 Å². The maximum atomic E-state index is 2.53. The van der Waals surface area contributed by atoms with Crippen LogP contribution >= 0.6 is 0 Å². The Bertz CT molecular complexity index is 484. The molecule has 0 spiro atoms. The highest BCUT2D eigenvalue weighted by molar-refractivity contribution is 5.52. The number of anilines is 1. The zero-order valence-electron chi connectivity index (χ0n) is 10.9. The zero-order chi connectivity index (χ0) is 12.4. The minimum atomic E-state index is 0.677. The molecule has 0 amide bonds. The van der Waals surface area contributed by atoms with Gasteiger partial charge in [0, 0.05) is 36.4 Å². The second-order valence-electron chi connectivity index (χ2n) is 5.14. The maximum Gasteiger partial charge on any atom is 0.0450 e. The molecule has 94 valence electrons. The van der Waals surface area contributed by atoms with Gasteiger partial charge in [-0.05, 0) is 62.6 Å². The van der Waals surface area contributed by atoms with Crippen LogP contribution in [0.2, 0.25) is 0 Å². The minimum absolute atomic E-state index is 0.677.